The van der Waals surface area contributed by atoms with Crippen LogP contribution in [0.25, 0.3) is 0 Å². The Bertz CT molecular complexity index is 344. The van der Waals surface area contributed by atoms with Gasteiger partial charge in [-0.2, -0.15) is 0 Å². The van der Waals surface area contributed by atoms with Crippen molar-refractivity contribution in [3.05, 3.63) is 10.0 Å². The summed E-state index contributed by atoms with van der Waals surface area (Å²) in [5, 5.41) is 13.2. The summed E-state index contributed by atoms with van der Waals surface area (Å²) < 4.78 is 28.4. The van der Waals surface area contributed by atoms with Crippen molar-refractivity contribution < 1.29 is 13.5 Å². The molecule has 1 N–H and O–H groups in total. The van der Waals surface area contributed by atoms with Crippen LogP contribution in [0.3, 0.4) is 0 Å². The lowest BCUT2D eigenvalue weighted by Gasteiger charge is -2.00. The molecule has 1 aromatic rings. The quantitative estimate of drug-likeness (QED) is 0.724. The summed E-state index contributed by atoms with van der Waals surface area (Å²) in [6, 6.07) is 0.650. The van der Waals surface area contributed by atoms with Crippen LogP contribution < -0.4 is 5.32 Å². The van der Waals surface area contributed by atoms with Crippen molar-refractivity contribution in [1.82, 2.24) is 15.5 Å². The van der Waals surface area contributed by atoms with E-state index in [9.17, 15) is 8.78 Å². The number of hydrogen-bond acceptors (Lipinski definition) is 5. The molecule has 1 aliphatic rings. The van der Waals surface area contributed by atoms with Gasteiger partial charge in [-0.3, -0.25) is 0 Å². The van der Waals surface area contributed by atoms with E-state index in [1.165, 1.54) is 24.2 Å². The van der Waals surface area contributed by atoms with Crippen LogP contribution in [-0.2, 0) is 17.7 Å². The normalized spacial score (nSPS) is 15.7. The van der Waals surface area contributed by atoms with Gasteiger partial charge in [0.25, 0.3) is 6.43 Å². The topological polar surface area (TPSA) is 47.0 Å². The van der Waals surface area contributed by atoms with E-state index in [4.69, 9.17) is 4.74 Å². The highest BCUT2D eigenvalue weighted by Crippen LogP contribution is 2.20. The van der Waals surface area contributed by atoms with Crippen molar-refractivity contribution in [1.29, 1.82) is 0 Å². The van der Waals surface area contributed by atoms with Crippen LogP contribution in [0.4, 0.5) is 8.78 Å². The second kappa shape index (κ2) is 6.32. The first kappa shape index (κ1) is 12.8. The van der Waals surface area contributed by atoms with Crippen molar-refractivity contribution in [3.63, 3.8) is 0 Å². The van der Waals surface area contributed by atoms with Crippen LogP contribution in [0.2, 0.25) is 0 Å². The lowest BCUT2D eigenvalue weighted by molar-refractivity contribution is 0.0186. The predicted molar refractivity (Wildman–Crippen MR) is 60.3 cm³/mol. The molecule has 1 fully saturated rings. The third-order valence-electron chi connectivity index (χ3n) is 2.33. The molecule has 2 rings (SSSR count). The molecule has 17 heavy (non-hydrogen) atoms. The second-order valence-electron chi connectivity index (χ2n) is 3.96. The standard InChI is InChI=1S/C10H15F2N3OS/c11-8(12)6-16-4-3-9-14-15-10(17-9)5-13-7-1-2-7/h7-8,13H,1-6H2. The summed E-state index contributed by atoms with van der Waals surface area (Å²) >= 11 is 1.51. The van der Waals surface area contributed by atoms with Gasteiger partial charge >= 0.3 is 0 Å². The minimum Gasteiger partial charge on any atom is -0.375 e. The molecule has 0 bridgehead atoms. The molecule has 0 spiro atoms. The SMILES string of the molecule is FC(F)COCCc1nnc(CNC2CC2)s1. The van der Waals surface area contributed by atoms with E-state index < -0.39 is 13.0 Å². The Morgan fingerprint density at radius 1 is 1.35 bits per heavy atom. The Balaban J connectivity index is 1.62. The molecule has 1 aliphatic carbocycles. The van der Waals surface area contributed by atoms with E-state index in [-0.39, 0.29) is 6.61 Å². The average Bonchev–Trinajstić information content (AvgIpc) is 3.01. The van der Waals surface area contributed by atoms with Crippen molar-refractivity contribution in [2.75, 3.05) is 13.2 Å². The lowest BCUT2D eigenvalue weighted by Crippen LogP contribution is -2.14. The van der Waals surface area contributed by atoms with E-state index in [0.29, 0.717) is 12.5 Å². The maximum atomic E-state index is 11.8. The van der Waals surface area contributed by atoms with Gasteiger partial charge in [0.1, 0.15) is 16.6 Å². The van der Waals surface area contributed by atoms with Gasteiger partial charge in [-0.05, 0) is 12.8 Å². The van der Waals surface area contributed by atoms with Crippen LogP contribution in [0.5, 0.6) is 0 Å². The van der Waals surface area contributed by atoms with Crippen molar-refractivity contribution in [2.45, 2.75) is 38.3 Å². The Morgan fingerprint density at radius 2 is 2.12 bits per heavy atom. The highest BCUT2D eigenvalue weighted by molar-refractivity contribution is 7.11. The fourth-order valence-electron chi connectivity index (χ4n) is 1.31. The first-order chi connectivity index (χ1) is 8.24. The average molecular weight is 263 g/mol. The van der Waals surface area contributed by atoms with Gasteiger partial charge in [-0.15, -0.1) is 21.5 Å². The van der Waals surface area contributed by atoms with Crippen molar-refractivity contribution in [3.8, 4) is 0 Å². The van der Waals surface area contributed by atoms with Gasteiger partial charge in [0, 0.05) is 19.0 Å². The molecule has 96 valence electrons. The smallest absolute Gasteiger partial charge is 0.261 e. The Labute approximate surface area is 102 Å². The number of nitrogens with zero attached hydrogens (tertiary/aromatic N) is 2. The number of alkyl halides is 2. The zero-order valence-corrected chi connectivity index (χ0v) is 10.2. The van der Waals surface area contributed by atoms with Gasteiger partial charge in [0.2, 0.25) is 0 Å². The molecule has 1 heterocycles. The van der Waals surface area contributed by atoms with Gasteiger partial charge in [0.05, 0.1) is 6.61 Å². The number of nitrogens with one attached hydrogen (secondary N) is 1. The van der Waals surface area contributed by atoms with Crippen molar-refractivity contribution >= 4 is 11.3 Å². The summed E-state index contributed by atoms with van der Waals surface area (Å²) in [6.45, 7) is 0.518. The molecule has 0 amide bonds. The second-order valence-corrected chi connectivity index (χ2v) is 5.11. The fraction of sp³-hybridized carbons (Fsp3) is 0.800. The summed E-state index contributed by atoms with van der Waals surface area (Å²) in [5.41, 5.74) is 0. The first-order valence-corrected chi connectivity index (χ1v) is 6.46. The molecule has 4 nitrogen and oxygen atoms in total. The Hall–Kier alpha value is -0.660. The van der Waals surface area contributed by atoms with Gasteiger partial charge in [-0.1, -0.05) is 0 Å². The molecule has 0 unspecified atom stereocenters. The maximum Gasteiger partial charge on any atom is 0.261 e. The molecule has 7 heteroatoms. The molecule has 1 saturated carbocycles. The zero-order valence-electron chi connectivity index (χ0n) is 9.36. The van der Waals surface area contributed by atoms with Crippen LogP contribution >= 0.6 is 11.3 Å². The van der Waals surface area contributed by atoms with Crippen LogP contribution in [0.1, 0.15) is 22.9 Å². The van der Waals surface area contributed by atoms with Crippen molar-refractivity contribution in [2.24, 2.45) is 0 Å². The highest BCUT2D eigenvalue weighted by atomic mass is 32.1. The predicted octanol–water partition coefficient (Wildman–Crippen LogP) is 1.61. The van der Waals surface area contributed by atoms with Crippen LogP contribution in [0.15, 0.2) is 0 Å². The Kier molecular flexibility index (Phi) is 4.75. The number of hydrogen-bond donors (Lipinski definition) is 1. The molecular weight excluding hydrogens is 248 g/mol. The van der Waals surface area contributed by atoms with Crippen LogP contribution in [-0.4, -0.2) is 35.9 Å². The monoisotopic (exact) mass is 263 g/mol. The van der Waals surface area contributed by atoms with Gasteiger partial charge in [0.15, 0.2) is 0 Å². The number of aromatic nitrogens is 2. The number of rotatable bonds is 8. The molecule has 0 atom stereocenters. The zero-order chi connectivity index (χ0) is 12.1. The van der Waals surface area contributed by atoms with E-state index in [1.54, 1.807) is 0 Å². The van der Waals surface area contributed by atoms with Gasteiger partial charge in [-0.25, -0.2) is 8.78 Å². The third kappa shape index (κ3) is 5.01. The van der Waals surface area contributed by atoms with E-state index >= 15 is 0 Å². The molecule has 0 radical (unpaired) electrons. The van der Waals surface area contributed by atoms with E-state index in [0.717, 1.165) is 16.6 Å². The first-order valence-electron chi connectivity index (χ1n) is 5.64. The minimum atomic E-state index is -2.40. The minimum absolute atomic E-state index is 0.273. The fourth-order valence-corrected chi connectivity index (χ4v) is 2.09. The van der Waals surface area contributed by atoms with E-state index in [1.807, 2.05) is 0 Å². The highest BCUT2D eigenvalue weighted by Gasteiger charge is 2.20. The summed E-state index contributed by atoms with van der Waals surface area (Å²) in [5.74, 6) is 0. The molecule has 0 saturated heterocycles. The van der Waals surface area contributed by atoms with Gasteiger partial charge < -0.3 is 10.1 Å². The maximum absolute atomic E-state index is 11.8. The largest absolute Gasteiger partial charge is 0.375 e. The summed E-state index contributed by atoms with van der Waals surface area (Å²) in [4.78, 5) is 0. The molecule has 0 aliphatic heterocycles. The number of halogens is 2. The molecular formula is C10H15F2N3OS. The number of ether oxygens (including phenoxy) is 1. The van der Waals surface area contributed by atoms with Crippen LogP contribution in [0, 0.1) is 0 Å². The summed E-state index contributed by atoms with van der Waals surface area (Å²) in [7, 11) is 0. The Morgan fingerprint density at radius 3 is 2.82 bits per heavy atom. The molecule has 1 aromatic heterocycles. The lowest BCUT2D eigenvalue weighted by atomic mass is 10.5. The summed E-state index contributed by atoms with van der Waals surface area (Å²) in [6.07, 6.45) is 0.636. The van der Waals surface area contributed by atoms with E-state index in [2.05, 4.69) is 15.5 Å². The molecule has 0 aromatic carbocycles. The third-order valence-corrected chi connectivity index (χ3v) is 3.32.